The number of H-pyrrole nitrogens is 1. The van der Waals surface area contributed by atoms with Crippen LogP contribution in [-0.4, -0.2) is 22.7 Å². The first-order chi connectivity index (χ1) is 7.27. The van der Waals surface area contributed by atoms with Gasteiger partial charge >= 0.3 is 0 Å². The van der Waals surface area contributed by atoms with E-state index in [1.807, 2.05) is 0 Å². The highest BCUT2D eigenvalue weighted by Gasteiger charge is 2.21. The van der Waals surface area contributed by atoms with Crippen LogP contribution in [0, 0.1) is 0 Å². The van der Waals surface area contributed by atoms with E-state index in [0.717, 1.165) is 30.6 Å². The Bertz CT molecular complexity index is 393. The maximum absolute atomic E-state index is 9.74. The number of aliphatic hydroxyl groups is 1. The highest BCUT2D eigenvalue weighted by Crippen LogP contribution is 2.27. The number of fused-ring (bicyclic) bond motifs is 1. The lowest BCUT2D eigenvalue weighted by molar-refractivity contribution is 0.548. The number of hydrogen-bond donors (Lipinski definition) is 3. The molecule has 1 aliphatic heterocycles. The predicted octanol–water partition coefficient (Wildman–Crippen LogP) is 2.22. The lowest BCUT2D eigenvalue weighted by Gasteiger charge is -2.11. The first kappa shape index (κ1) is 10.1. The molecule has 0 aromatic carbocycles. The number of aromatic amines is 1. The van der Waals surface area contributed by atoms with Crippen LogP contribution < -0.4 is 5.32 Å². The second-order valence-corrected chi connectivity index (χ2v) is 3.75. The van der Waals surface area contributed by atoms with E-state index >= 15 is 0 Å². The van der Waals surface area contributed by atoms with Gasteiger partial charge in [0.05, 0.1) is 5.56 Å². The summed E-state index contributed by atoms with van der Waals surface area (Å²) >= 11 is 0. The number of rotatable bonds is 3. The molecule has 1 aromatic heterocycles. The van der Waals surface area contributed by atoms with Gasteiger partial charge in [0.25, 0.3) is 0 Å². The average Bonchev–Trinajstić information content (AvgIpc) is 2.57. The molecule has 0 radical (unpaired) electrons. The molecule has 2 rings (SSSR count). The van der Waals surface area contributed by atoms with Gasteiger partial charge in [-0.25, -0.2) is 4.99 Å². The summed E-state index contributed by atoms with van der Waals surface area (Å²) in [4.78, 5) is 7.33. The molecule has 0 fully saturated rings. The van der Waals surface area contributed by atoms with Gasteiger partial charge in [-0.1, -0.05) is 20.3 Å². The fourth-order valence-electron chi connectivity index (χ4n) is 2.10. The largest absolute Gasteiger partial charge is 0.493 e. The number of nitrogens with zero attached hydrogens (tertiary/aromatic N) is 1. The van der Waals surface area contributed by atoms with Crippen molar-refractivity contribution < 1.29 is 5.11 Å². The number of anilines is 1. The van der Waals surface area contributed by atoms with Gasteiger partial charge in [-0.3, -0.25) is 0 Å². The summed E-state index contributed by atoms with van der Waals surface area (Å²) in [5, 5.41) is 12.9. The third-order valence-corrected chi connectivity index (χ3v) is 2.75. The second kappa shape index (κ2) is 3.96. The van der Waals surface area contributed by atoms with E-state index in [0.29, 0.717) is 6.67 Å². The van der Waals surface area contributed by atoms with Crippen LogP contribution in [0.15, 0.2) is 4.99 Å². The van der Waals surface area contributed by atoms with Crippen molar-refractivity contribution >= 4 is 11.7 Å². The Morgan fingerprint density at radius 3 is 2.87 bits per heavy atom. The van der Waals surface area contributed by atoms with Crippen LogP contribution in [0.3, 0.4) is 0 Å². The van der Waals surface area contributed by atoms with Crippen LogP contribution in [0.5, 0.6) is 0 Å². The summed E-state index contributed by atoms with van der Waals surface area (Å²) in [6.45, 7) is 4.71. The van der Waals surface area contributed by atoms with Crippen molar-refractivity contribution in [2.24, 2.45) is 4.99 Å². The maximum Gasteiger partial charge on any atom is 0.219 e. The van der Waals surface area contributed by atoms with Crippen molar-refractivity contribution in [1.82, 2.24) is 4.98 Å². The van der Waals surface area contributed by atoms with E-state index in [2.05, 4.69) is 29.1 Å². The van der Waals surface area contributed by atoms with Crippen molar-refractivity contribution in [2.75, 3.05) is 12.0 Å². The third-order valence-electron chi connectivity index (χ3n) is 2.75. The molecular weight excluding hydrogens is 190 g/mol. The van der Waals surface area contributed by atoms with Crippen molar-refractivity contribution in [3.63, 3.8) is 0 Å². The van der Waals surface area contributed by atoms with Gasteiger partial charge in [0.1, 0.15) is 12.5 Å². The number of aromatic nitrogens is 1. The van der Waals surface area contributed by atoms with E-state index < -0.39 is 0 Å². The normalized spacial score (nSPS) is 14.4. The van der Waals surface area contributed by atoms with E-state index in [1.54, 1.807) is 0 Å². The van der Waals surface area contributed by atoms with Gasteiger partial charge < -0.3 is 15.4 Å². The number of aryl methyl sites for hydroxylation is 1. The fourth-order valence-corrected chi connectivity index (χ4v) is 2.10. The summed E-state index contributed by atoms with van der Waals surface area (Å²) in [7, 11) is 0. The van der Waals surface area contributed by atoms with Gasteiger partial charge in [0.2, 0.25) is 5.90 Å². The minimum Gasteiger partial charge on any atom is -0.493 e. The smallest absolute Gasteiger partial charge is 0.219 e. The van der Waals surface area contributed by atoms with Crippen LogP contribution in [0.1, 0.15) is 37.1 Å². The van der Waals surface area contributed by atoms with Crippen LogP contribution >= 0.6 is 0 Å². The number of hydrogen-bond acceptors (Lipinski definition) is 2. The molecule has 0 bridgehead atoms. The number of aliphatic imine (C=N–C) groups is 1. The molecule has 0 unspecified atom stereocenters. The minimum atomic E-state index is 0.166. The molecule has 1 aromatic rings. The molecule has 0 saturated heterocycles. The van der Waals surface area contributed by atoms with Crippen LogP contribution in [0.25, 0.3) is 0 Å². The minimum absolute atomic E-state index is 0.166. The van der Waals surface area contributed by atoms with Gasteiger partial charge in [0, 0.05) is 5.69 Å². The second-order valence-electron chi connectivity index (χ2n) is 3.75. The lowest BCUT2D eigenvalue weighted by Crippen LogP contribution is -2.15. The van der Waals surface area contributed by atoms with Gasteiger partial charge in [-0.15, -0.1) is 0 Å². The molecular formula is C11H17N3O. The van der Waals surface area contributed by atoms with E-state index in [9.17, 15) is 5.11 Å². The molecule has 0 aliphatic carbocycles. The molecule has 82 valence electrons. The first-order valence-corrected chi connectivity index (χ1v) is 5.49. The fraction of sp³-hybridized carbons (Fsp3) is 0.545. The Morgan fingerprint density at radius 1 is 1.40 bits per heavy atom. The molecule has 4 nitrogen and oxygen atoms in total. The molecule has 15 heavy (non-hydrogen) atoms. The Balaban J connectivity index is 2.49. The zero-order chi connectivity index (χ0) is 10.8. The molecule has 0 amide bonds. The van der Waals surface area contributed by atoms with Crippen LogP contribution in [0.2, 0.25) is 0 Å². The summed E-state index contributed by atoms with van der Waals surface area (Å²) in [6, 6.07) is 0. The van der Waals surface area contributed by atoms with Gasteiger partial charge in [-0.2, -0.15) is 0 Å². The van der Waals surface area contributed by atoms with Crippen LogP contribution in [-0.2, 0) is 12.8 Å². The summed E-state index contributed by atoms with van der Waals surface area (Å²) in [6.07, 6.45) is 3.04. The standard InChI is InChI=1S/C11H17N3O/c1-3-5-8-7(4-2)9-10(14-8)12-6-13-11(9)15/h12,14H,3-6H2,1-2H3,(H,13,15). The Morgan fingerprint density at radius 2 is 2.20 bits per heavy atom. The van der Waals surface area contributed by atoms with Crippen molar-refractivity contribution in [1.29, 1.82) is 0 Å². The number of aliphatic hydroxyl groups excluding tert-OH is 1. The maximum atomic E-state index is 9.74. The van der Waals surface area contributed by atoms with Crippen LogP contribution in [0.4, 0.5) is 5.82 Å². The number of nitrogens with one attached hydrogen (secondary N) is 2. The zero-order valence-corrected chi connectivity index (χ0v) is 9.22. The van der Waals surface area contributed by atoms with E-state index in [1.165, 1.54) is 11.3 Å². The molecule has 0 saturated carbocycles. The summed E-state index contributed by atoms with van der Waals surface area (Å²) < 4.78 is 0. The Labute approximate surface area is 89.4 Å². The van der Waals surface area contributed by atoms with E-state index in [-0.39, 0.29) is 5.90 Å². The van der Waals surface area contributed by atoms with Crippen molar-refractivity contribution in [3.05, 3.63) is 16.8 Å². The summed E-state index contributed by atoms with van der Waals surface area (Å²) in [5.41, 5.74) is 3.29. The molecule has 2 heterocycles. The highest BCUT2D eigenvalue weighted by atomic mass is 16.3. The van der Waals surface area contributed by atoms with Gasteiger partial charge in [0.15, 0.2) is 0 Å². The molecule has 0 spiro atoms. The van der Waals surface area contributed by atoms with Crippen molar-refractivity contribution in [2.45, 2.75) is 33.1 Å². The SMILES string of the molecule is CCCc1[nH]c2c(c1CC)C(O)=NCN2. The predicted molar refractivity (Wildman–Crippen MR) is 61.8 cm³/mol. The quantitative estimate of drug-likeness (QED) is 0.711. The van der Waals surface area contributed by atoms with Crippen molar-refractivity contribution in [3.8, 4) is 0 Å². The molecule has 0 atom stereocenters. The molecule has 3 N–H and O–H groups in total. The zero-order valence-electron chi connectivity index (χ0n) is 9.22. The van der Waals surface area contributed by atoms with E-state index in [4.69, 9.17) is 0 Å². The molecule has 4 heteroatoms. The third kappa shape index (κ3) is 1.60. The van der Waals surface area contributed by atoms with Gasteiger partial charge in [-0.05, 0) is 18.4 Å². The summed E-state index contributed by atoms with van der Waals surface area (Å²) in [5.74, 6) is 1.09. The lowest BCUT2D eigenvalue weighted by atomic mass is 10.0. The Kier molecular flexibility index (Phi) is 2.66. The average molecular weight is 207 g/mol. The first-order valence-electron chi connectivity index (χ1n) is 5.49. The highest BCUT2D eigenvalue weighted by molar-refractivity contribution is 6.00. The monoisotopic (exact) mass is 207 g/mol. The topological polar surface area (TPSA) is 60.4 Å². The Hall–Kier alpha value is -1.45. The molecule has 1 aliphatic rings.